The predicted molar refractivity (Wildman–Crippen MR) is 96.4 cm³/mol. The van der Waals surface area contributed by atoms with Crippen LogP contribution in [-0.2, 0) is 9.53 Å². The second-order valence-electron chi connectivity index (χ2n) is 5.36. The van der Waals surface area contributed by atoms with Crippen LogP contribution in [0.4, 0.5) is 4.39 Å². The monoisotopic (exact) mass is 354 g/mol. The Labute approximate surface area is 148 Å². The van der Waals surface area contributed by atoms with E-state index in [9.17, 15) is 14.0 Å². The first-order valence-corrected chi connectivity index (χ1v) is 8.67. The lowest BCUT2D eigenvalue weighted by molar-refractivity contribution is -0.139. The Morgan fingerprint density at radius 2 is 1.64 bits per heavy atom. The van der Waals surface area contributed by atoms with Crippen LogP contribution in [0.3, 0.4) is 0 Å². The van der Waals surface area contributed by atoms with Gasteiger partial charge in [0.2, 0.25) is 5.78 Å². The minimum Gasteiger partial charge on any atom is -0.457 e. The summed E-state index contributed by atoms with van der Waals surface area (Å²) < 4.78 is 18.4. The van der Waals surface area contributed by atoms with Crippen molar-refractivity contribution in [1.29, 1.82) is 0 Å². The molecule has 0 aliphatic heterocycles. The van der Waals surface area contributed by atoms with Gasteiger partial charge in [0.1, 0.15) is 5.82 Å². The zero-order valence-electron chi connectivity index (χ0n) is 13.3. The van der Waals surface area contributed by atoms with Crippen molar-refractivity contribution in [3.63, 3.8) is 0 Å². The van der Waals surface area contributed by atoms with E-state index in [2.05, 4.69) is 0 Å². The van der Waals surface area contributed by atoms with Crippen LogP contribution in [0, 0.1) is 5.82 Å². The van der Waals surface area contributed by atoms with Gasteiger partial charge in [0.15, 0.2) is 6.61 Å². The third kappa shape index (κ3) is 4.45. The first kappa shape index (κ1) is 17.2. The summed E-state index contributed by atoms with van der Waals surface area (Å²) in [6, 6.07) is 19.5. The zero-order chi connectivity index (χ0) is 17.6. The van der Waals surface area contributed by atoms with Crippen molar-refractivity contribution >= 4 is 34.3 Å². The number of benzene rings is 3. The number of carbonyl (C=O) groups excluding carboxylic acids is 2. The SMILES string of the molecule is O=C(CSc1ccc2ccccc2c1)OCC(=O)c1ccccc1F. The molecule has 0 aromatic heterocycles. The van der Waals surface area contributed by atoms with Crippen LogP contribution in [0.5, 0.6) is 0 Å². The van der Waals surface area contributed by atoms with E-state index in [1.165, 1.54) is 30.0 Å². The summed E-state index contributed by atoms with van der Waals surface area (Å²) in [6.45, 7) is -0.460. The van der Waals surface area contributed by atoms with Crippen LogP contribution in [0.2, 0.25) is 0 Å². The number of fused-ring (bicyclic) bond motifs is 1. The first-order chi connectivity index (χ1) is 12.1. The molecule has 0 heterocycles. The molecule has 0 radical (unpaired) electrons. The van der Waals surface area contributed by atoms with E-state index < -0.39 is 24.2 Å². The maximum Gasteiger partial charge on any atom is 0.316 e. The standard InChI is InChI=1S/C20H15FO3S/c21-18-8-4-3-7-17(18)19(22)12-24-20(23)13-25-16-10-9-14-5-1-2-6-15(14)11-16/h1-11H,12-13H2. The van der Waals surface area contributed by atoms with Crippen LogP contribution >= 0.6 is 11.8 Å². The summed E-state index contributed by atoms with van der Waals surface area (Å²) in [5.41, 5.74) is -0.0718. The van der Waals surface area contributed by atoms with Gasteiger partial charge in [-0.2, -0.15) is 0 Å². The van der Waals surface area contributed by atoms with Crippen molar-refractivity contribution < 1.29 is 18.7 Å². The van der Waals surface area contributed by atoms with Gasteiger partial charge in [-0.1, -0.05) is 42.5 Å². The minimum atomic E-state index is -0.617. The lowest BCUT2D eigenvalue weighted by atomic mass is 10.1. The Balaban J connectivity index is 1.52. The predicted octanol–water partition coefficient (Wildman–Crippen LogP) is 4.50. The average Bonchev–Trinajstić information content (AvgIpc) is 2.64. The normalized spacial score (nSPS) is 10.6. The summed E-state index contributed by atoms with van der Waals surface area (Å²) in [7, 11) is 0. The maximum absolute atomic E-state index is 13.5. The second-order valence-corrected chi connectivity index (χ2v) is 6.41. The Hall–Kier alpha value is -2.66. The number of rotatable bonds is 6. The molecule has 3 rings (SSSR count). The average molecular weight is 354 g/mol. The summed E-state index contributed by atoms with van der Waals surface area (Å²) in [5, 5.41) is 2.22. The van der Waals surface area contributed by atoms with Gasteiger partial charge in [-0.25, -0.2) is 4.39 Å². The molecule has 126 valence electrons. The van der Waals surface area contributed by atoms with Gasteiger partial charge < -0.3 is 4.74 Å². The number of halogens is 1. The number of hydrogen-bond acceptors (Lipinski definition) is 4. The molecule has 0 saturated heterocycles. The van der Waals surface area contributed by atoms with Crippen molar-refractivity contribution in [3.8, 4) is 0 Å². The molecule has 3 nitrogen and oxygen atoms in total. The molecule has 5 heteroatoms. The zero-order valence-corrected chi connectivity index (χ0v) is 14.1. The van der Waals surface area contributed by atoms with E-state index >= 15 is 0 Å². The largest absolute Gasteiger partial charge is 0.457 e. The van der Waals surface area contributed by atoms with E-state index in [0.717, 1.165) is 15.7 Å². The highest BCUT2D eigenvalue weighted by Crippen LogP contribution is 2.23. The molecule has 0 aliphatic carbocycles. The molecule has 3 aromatic rings. The molecule has 25 heavy (non-hydrogen) atoms. The third-order valence-electron chi connectivity index (χ3n) is 3.62. The van der Waals surface area contributed by atoms with Crippen LogP contribution in [-0.4, -0.2) is 24.1 Å². The maximum atomic E-state index is 13.5. The second kappa shape index (κ2) is 7.94. The lowest BCUT2D eigenvalue weighted by Gasteiger charge is -2.06. The van der Waals surface area contributed by atoms with E-state index in [1.54, 1.807) is 6.07 Å². The fourth-order valence-electron chi connectivity index (χ4n) is 2.35. The highest BCUT2D eigenvalue weighted by molar-refractivity contribution is 8.00. The molecule has 3 aromatic carbocycles. The van der Waals surface area contributed by atoms with Crippen molar-refractivity contribution in [3.05, 3.63) is 78.1 Å². The highest BCUT2D eigenvalue weighted by atomic mass is 32.2. The van der Waals surface area contributed by atoms with Gasteiger partial charge in [0.25, 0.3) is 0 Å². The number of thioether (sulfide) groups is 1. The number of carbonyl (C=O) groups is 2. The number of Topliss-reactive ketones (excluding diaryl/α,β-unsaturated/α-hetero) is 1. The molecule has 0 aliphatic rings. The molecule has 0 bridgehead atoms. The molecule has 0 unspecified atom stereocenters. The van der Waals surface area contributed by atoms with Gasteiger partial charge in [0.05, 0.1) is 11.3 Å². The summed E-state index contributed by atoms with van der Waals surface area (Å²) in [4.78, 5) is 24.6. The van der Waals surface area contributed by atoms with Crippen LogP contribution in [0.25, 0.3) is 10.8 Å². The smallest absolute Gasteiger partial charge is 0.316 e. The molecular weight excluding hydrogens is 339 g/mol. The first-order valence-electron chi connectivity index (χ1n) is 7.68. The molecule has 0 N–H and O–H groups in total. The van der Waals surface area contributed by atoms with E-state index in [-0.39, 0.29) is 11.3 Å². The fraction of sp³-hybridized carbons (Fsp3) is 0.100. The highest BCUT2D eigenvalue weighted by Gasteiger charge is 2.13. The van der Waals surface area contributed by atoms with E-state index in [1.807, 2.05) is 42.5 Å². The molecule has 0 saturated carbocycles. The molecule has 0 spiro atoms. The Morgan fingerprint density at radius 3 is 2.44 bits per heavy atom. The van der Waals surface area contributed by atoms with Crippen molar-refractivity contribution in [2.24, 2.45) is 0 Å². The van der Waals surface area contributed by atoms with Gasteiger partial charge in [-0.05, 0) is 35.0 Å². The topological polar surface area (TPSA) is 43.4 Å². The Kier molecular flexibility index (Phi) is 5.46. The number of esters is 1. The van der Waals surface area contributed by atoms with Crippen LogP contribution in [0.1, 0.15) is 10.4 Å². The summed E-state index contributed by atoms with van der Waals surface area (Å²) in [6.07, 6.45) is 0. The lowest BCUT2D eigenvalue weighted by Crippen LogP contribution is -2.16. The van der Waals surface area contributed by atoms with Crippen LogP contribution in [0.15, 0.2) is 71.6 Å². The fourth-order valence-corrected chi connectivity index (χ4v) is 3.09. The van der Waals surface area contributed by atoms with Gasteiger partial charge in [0, 0.05) is 4.90 Å². The Bertz CT molecular complexity index is 923. The molecule has 0 amide bonds. The minimum absolute atomic E-state index is 0.0718. The van der Waals surface area contributed by atoms with Crippen molar-refractivity contribution in [2.45, 2.75) is 4.90 Å². The van der Waals surface area contributed by atoms with Crippen LogP contribution < -0.4 is 0 Å². The van der Waals surface area contributed by atoms with Gasteiger partial charge in [-0.3, -0.25) is 9.59 Å². The number of hydrogen-bond donors (Lipinski definition) is 0. The van der Waals surface area contributed by atoms with E-state index in [4.69, 9.17) is 4.74 Å². The third-order valence-corrected chi connectivity index (χ3v) is 4.58. The summed E-state index contributed by atoms with van der Waals surface area (Å²) >= 11 is 1.33. The number of ether oxygens (including phenoxy) is 1. The molecule has 0 fully saturated rings. The quantitative estimate of drug-likeness (QED) is 0.371. The van der Waals surface area contributed by atoms with E-state index in [0.29, 0.717) is 0 Å². The number of ketones is 1. The molecular formula is C20H15FO3S. The molecule has 0 atom stereocenters. The van der Waals surface area contributed by atoms with Crippen molar-refractivity contribution in [1.82, 2.24) is 0 Å². The van der Waals surface area contributed by atoms with Gasteiger partial charge >= 0.3 is 5.97 Å². The van der Waals surface area contributed by atoms with Gasteiger partial charge in [-0.15, -0.1) is 11.8 Å². The summed E-state index contributed by atoms with van der Waals surface area (Å²) in [5.74, 6) is -1.60. The van der Waals surface area contributed by atoms with Crippen molar-refractivity contribution in [2.75, 3.05) is 12.4 Å². The Morgan fingerprint density at radius 1 is 0.920 bits per heavy atom.